The third-order valence-corrected chi connectivity index (χ3v) is 4.44. The van der Waals surface area contributed by atoms with Crippen LogP contribution in [0.25, 0.3) is 0 Å². The standard InChI is InChI=1S/C13H29N3O/c1-6-13(9-14,11-17-5)16-8-7-15(4)12(2,3)10-16/h6-11,14H2,1-5H3. The number of hydrogen-bond acceptors (Lipinski definition) is 4. The van der Waals surface area contributed by atoms with Gasteiger partial charge in [-0.25, -0.2) is 0 Å². The SMILES string of the molecule is CCC(CN)(COC)N1CCN(C)C(C)(C)C1. The van der Waals surface area contributed by atoms with E-state index in [1.54, 1.807) is 7.11 Å². The molecule has 1 saturated heterocycles. The first-order valence-corrected chi connectivity index (χ1v) is 6.57. The summed E-state index contributed by atoms with van der Waals surface area (Å²) >= 11 is 0. The third-order valence-electron chi connectivity index (χ3n) is 4.44. The Hall–Kier alpha value is -0.160. The Labute approximate surface area is 106 Å². The first kappa shape index (κ1) is 14.9. The minimum absolute atomic E-state index is 0.00722. The summed E-state index contributed by atoms with van der Waals surface area (Å²) in [5.74, 6) is 0. The zero-order valence-corrected chi connectivity index (χ0v) is 12.1. The zero-order chi connectivity index (χ0) is 13.1. The molecule has 17 heavy (non-hydrogen) atoms. The van der Waals surface area contributed by atoms with Crippen LogP contribution in [0.15, 0.2) is 0 Å². The quantitative estimate of drug-likeness (QED) is 0.774. The lowest BCUT2D eigenvalue weighted by atomic mass is 9.89. The Morgan fingerprint density at radius 2 is 2.00 bits per heavy atom. The summed E-state index contributed by atoms with van der Waals surface area (Å²) in [7, 11) is 3.96. The summed E-state index contributed by atoms with van der Waals surface area (Å²) in [5, 5.41) is 0. The second kappa shape index (κ2) is 5.65. The number of nitrogens with zero attached hydrogens (tertiary/aromatic N) is 2. The van der Waals surface area contributed by atoms with Crippen molar-refractivity contribution < 1.29 is 4.74 Å². The highest BCUT2D eigenvalue weighted by molar-refractivity contribution is 4.98. The van der Waals surface area contributed by atoms with E-state index in [1.807, 2.05) is 0 Å². The third kappa shape index (κ3) is 2.99. The number of likely N-dealkylation sites (N-methyl/N-ethyl adjacent to an activating group) is 1. The van der Waals surface area contributed by atoms with Gasteiger partial charge in [0.1, 0.15) is 0 Å². The molecule has 1 aliphatic rings. The molecule has 0 spiro atoms. The highest BCUT2D eigenvalue weighted by Gasteiger charge is 2.41. The van der Waals surface area contributed by atoms with Crippen LogP contribution in [0.5, 0.6) is 0 Å². The maximum absolute atomic E-state index is 6.02. The molecule has 1 fully saturated rings. The molecule has 0 aromatic heterocycles. The summed E-state index contributed by atoms with van der Waals surface area (Å²) < 4.78 is 5.40. The minimum atomic E-state index is 0.00722. The smallest absolute Gasteiger partial charge is 0.0658 e. The van der Waals surface area contributed by atoms with Crippen LogP contribution in [0.4, 0.5) is 0 Å². The highest BCUT2D eigenvalue weighted by atomic mass is 16.5. The summed E-state index contributed by atoms with van der Waals surface area (Å²) in [6.07, 6.45) is 1.04. The molecule has 4 heteroatoms. The van der Waals surface area contributed by atoms with Crippen molar-refractivity contribution in [1.29, 1.82) is 0 Å². The molecular weight excluding hydrogens is 214 g/mol. The average molecular weight is 243 g/mol. The van der Waals surface area contributed by atoms with E-state index >= 15 is 0 Å². The normalized spacial score (nSPS) is 25.8. The van der Waals surface area contributed by atoms with Crippen molar-refractivity contribution in [3.05, 3.63) is 0 Å². The Balaban J connectivity index is 2.82. The van der Waals surface area contributed by atoms with Crippen molar-refractivity contribution in [2.24, 2.45) is 5.73 Å². The van der Waals surface area contributed by atoms with Crippen LogP contribution in [0.3, 0.4) is 0 Å². The van der Waals surface area contributed by atoms with E-state index < -0.39 is 0 Å². The molecule has 2 N–H and O–H groups in total. The van der Waals surface area contributed by atoms with Gasteiger partial charge in [-0.15, -0.1) is 0 Å². The molecule has 1 heterocycles. The van der Waals surface area contributed by atoms with Gasteiger partial charge in [-0.2, -0.15) is 0 Å². The van der Waals surface area contributed by atoms with Crippen LogP contribution in [0.1, 0.15) is 27.2 Å². The van der Waals surface area contributed by atoms with Crippen LogP contribution >= 0.6 is 0 Å². The van der Waals surface area contributed by atoms with Crippen molar-refractivity contribution in [2.45, 2.75) is 38.3 Å². The monoisotopic (exact) mass is 243 g/mol. The molecule has 0 amide bonds. The molecule has 0 radical (unpaired) electrons. The van der Waals surface area contributed by atoms with E-state index in [2.05, 4.69) is 37.6 Å². The fourth-order valence-electron chi connectivity index (χ4n) is 2.66. The van der Waals surface area contributed by atoms with Gasteiger partial charge in [0.2, 0.25) is 0 Å². The predicted octanol–water partition coefficient (Wildman–Crippen LogP) is 0.766. The fourth-order valence-corrected chi connectivity index (χ4v) is 2.66. The van der Waals surface area contributed by atoms with Crippen LogP contribution in [-0.4, -0.2) is 67.8 Å². The lowest BCUT2D eigenvalue weighted by Crippen LogP contribution is -2.67. The van der Waals surface area contributed by atoms with Gasteiger partial charge in [0.05, 0.1) is 12.1 Å². The van der Waals surface area contributed by atoms with Crippen molar-refractivity contribution >= 4 is 0 Å². The van der Waals surface area contributed by atoms with Crippen molar-refractivity contribution in [3.63, 3.8) is 0 Å². The molecule has 0 aromatic rings. The maximum Gasteiger partial charge on any atom is 0.0658 e. The average Bonchev–Trinajstić information content (AvgIpc) is 2.30. The lowest BCUT2D eigenvalue weighted by molar-refractivity contribution is -0.0527. The van der Waals surface area contributed by atoms with E-state index in [0.29, 0.717) is 6.54 Å². The molecular formula is C13H29N3O. The molecule has 0 aliphatic carbocycles. The van der Waals surface area contributed by atoms with Crippen LogP contribution in [-0.2, 0) is 4.74 Å². The van der Waals surface area contributed by atoms with Gasteiger partial charge >= 0.3 is 0 Å². The first-order chi connectivity index (χ1) is 7.91. The predicted molar refractivity (Wildman–Crippen MR) is 72.2 cm³/mol. The van der Waals surface area contributed by atoms with Crippen molar-refractivity contribution in [3.8, 4) is 0 Å². The van der Waals surface area contributed by atoms with E-state index in [1.165, 1.54) is 0 Å². The van der Waals surface area contributed by atoms with Gasteiger partial charge < -0.3 is 10.5 Å². The van der Waals surface area contributed by atoms with Gasteiger partial charge in [0, 0.05) is 38.8 Å². The number of methoxy groups -OCH3 is 1. The van der Waals surface area contributed by atoms with Gasteiger partial charge in [0.15, 0.2) is 0 Å². The molecule has 1 rings (SSSR count). The molecule has 0 aromatic carbocycles. The molecule has 1 atom stereocenters. The maximum atomic E-state index is 6.02. The highest BCUT2D eigenvalue weighted by Crippen LogP contribution is 2.27. The second-order valence-corrected chi connectivity index (χ2v) is 5.87. The van der Waals surface area contributed by atoms with E-state index in [4.69, 9.17) is 10.5 Å². The first-order valence-electron chi connectivity index (χ1n) is 6.57. The van der Waals surface area contributed by atoms with Gasteiger partial charge in [-0.05, 0) is 27.3 Å². The second-order valence-electron chi connectivity index (χ2n) is 5.87. The number of nitrogens with two attached hydrogens (primary N) is 1. The molecule has 102 valence electrons. The fraction of sp³-hybridized carbons (Fsp3) is 1.00. The van der Waals surface area contributed by atoms with Crippen LogP contribution in [0.2, 0.25) is 0 Å². The van der Waals surface area contributed by atoms with Gasteiger partial charge in [-0.3, -0.25) is 9.80 Å². The number of rotatable bonds is 5. The van der Waals surface area contributed by atoms with E-state index in [9.17, 15) is 0 Å². The van der Waals surface area contributed by atoms with Crippen molar-refractivity contribution in [1.82, 2.24) is 9.80 Å². The summed E-state index contributed by atoms with van der Waals surface area (Å²) in [5.41, 5.74) is 6.24. The molecule has 1 unspecified atom stereocenters. The largest absolute Gasteiger partial charge is 0.383 e. The van der Waals surface area contributed by atoms with Crippen molar-refractivity contribution in [2.75, 3.05) is 46.9 Å². The number of hydrogen-bond donors (Lipinski definition) is 1. The molecule has 0 bridgehead atoms. The zero-order valence-electron chi connectivity index (χ0n) is 12.1. The Morgan fingerprint density at radius 3 is 2.41 bits per heavy atom. The summed E-state index contributed by atoms with van der Waals surface area (Å²) in [6.45, 7) is 11.4. The lowest BCUT2D eigenvalue weighted by Gasteiger charge is -2.52. The number of piperazine rings is 1. The van der Waals surface area contributed by atoms with Crippen LogP contribution in [0, 0.1) is 0 Å². The van der Waals surface area contributed by atoms with E-state index in [-0.39, 0.29) is 11.1 Å². The molecule has 0 saturated carbocycles. The van der Waals surface area contributed by atoms with Gasteiger partial charge in [-0.1, -0.05) is 6.92 Å². The Bertz CT molecular complexity index is 239. The topological polar surface area (TPSA) is 41.7 Å². The van der Waals surface area contributed by atoms with Gasteiger partial charge in [0.25, 0.3) is 0 Å². The molecule has 4 nitrogen and oxygen atoms in total. The van der Waals surface area contributed by atoms with Crippen LogP contribution < -0.4 is 5.73 Å². The summed E-state index contributed by atoms with van der Waals surface area (Å²) in [4.78, 5) is 4.95. The molecule has 1 aliphatic heterocycles. The minimum Gasteiger partial charge on any atom is -0.383 e. The van der Waals surface area contributed by atoms with E-state index in [0.717, 1.165) is 32.7 Å². The Kier molecular flexibility index (Phi) is 4.95. The Morgan fingerprint density at radius 1 is 1.35 bits per heavy atom. The summed E-state index contributed by atoms with van der Waals surface area (Å²) in [6, 6.07) is 0. The number of ether oxygens (including phenoxy) is 1.